The molecule has 3 rings (SSSR count). The van der Waals surface area contributed by atoms with Gasteiger partial charge in [-0.2, -0.15) is 0 Å². The van der Waals surface area contributed by atoms with Crippen molar-refractivity contribution in [1.29, 1.82) is 0 Å². The van der Waals surface area contributed by atoms with Crippen molar-refractivity contribution >= 4 is 27.5 Å². The first kappa shape index (κ1) is 32.5. The van der Waals surface area contributed by atoms with Crippen molar-refractivity contribution in [2.75, 3.05) is 31.1 Å². The molecule has 0 spiro atoms. The lowest BCUT2D eigenvalue weighted by Crippen LogP contribution is -2.52. The first-order valence-electron chi connectivity index (χ1n) is 14.1. The van der Waals surface area contributed by atoms with Crippen molar-refractivity contribution in [3.8, 4) is 11.5 Å². The van der Waals surface area contributed by atoms with E-state index in [9.17, 15) is 18.0 Å². The Morgan fingerprint density at radius 3 is 2.19 bits per heavy atom. The molecule has 0 aliphatic rings. The second-order valence-corrected chi connectivity index (χ2v) is 12.1. The minimum Gasteiger partial charge on any atom is -0.497 e. The molecule has 0 saturated carbocycles. The molecule has 2 amide bonds. The second kappa shape index (κ2) is 15.3. The van der Waals surface area contributed by atoms with Crippen molar-refractivity contribution in [1.82, 2.24) is 10.2 Å². The second-order valence-electron chi connectivity index (χ2n) is 10.2. The van der Waals surface area contributed by atoms with Crippen LogP contribution in [0.4, 0.5) is 5.69 Å². The van der Waals surface area contributed by atoms with Crippen LogP contribution >= 0.6 is 0 Å². The molecule has 0 aliphatic carbocycles. The number of ether oxygens (including phenoxy) is 2. The van der Waals surface area contributed by atoms with E-state index in [0.29, 0.717) is 36.8 Å². The SMILES string of the molecule is CCOc1ccc(N(CC(=O)N(Cc2cccc(OC)c2)[C@H](CC)C(=O)NCC(C)C)S(=O)(=O)c2ccccc2)cc1. The number of carbonyl (C=O) groups is 2. The molecule has 1 atom stereocenters. The molecule has 0 saturated heterocycles. The van der Waals surface area contributed by atoms with E-state index in [2.05, 4.69) is 5.32 Å². The lowest BCUT2D eigenvalue weighted by molar-refractivity contribution is -0.140. The first-order chi connectivity index (χ1) is 20.1. The number of nitrogens with zero attached hydrogens (tertiary/aromatic N) is 2. The third-order valence-corrected chi connectivity index (χ3v) is 8.39. The Kier molecular flexibility index (Phi) is 11.8. The van der Waals surface area contributed by atoms with Gasteiger partial charge in [0, 0.05) is 13.1 Å². The maximum absolute atomic E-state index is 14.2. The van der Waals surface area contributed by atoms with Crippen LogP contribution in [0.1, 0.15) is 39.7 Å². The van der Waals surface area contributed by atoms with Crippen molar-refractivity contribution in [2.45, 2.75) is 51.6 Å². The summed E-state index contributed by atoms with van der Waals surface area (Å²) in [4.78, 5) is 29.0. The Labute approximate surface area is 249 Å². The number of amides is 2. The summed E-state index contributed by atoms with van der Waals surface area (Å²) in [6, 6.07) is 20.9. The van der Waals surface area contributed by atoms with Crippen molar-refractivity contribution in [3.63, 3.8) is 0 Å². The van der Waals surface area contributed by atoms with Crippen LogP contribution in [-0.4, -0.2) is 58.0 Å². The lowest BCUT2D eigenvalue weighted by atomic mass is 10.1. The van der Waals surface area contributed by atoms with Gasteiger partial charge in [0.25, 0.3) is 10.0 Å². The van der Waals surface area contributed by atoms with Crippen LogP contribution in [0.5, 0.6) is 11.5 Å². The third kappa shape index (κ3) is 8.48. The highest BCUT2D eigenvalue weighted by atomic mass is 32.2. The molecule has 0 unspecified atom stereocenters. The summed E-state index contributed by atoms with van der Waals surface area (Å²) in [5, 5.41) is 2.93. The van der Waals surface area contributed by atoms with Gasteiger partial charge in [0.15, 0.2) is 0 Å². The summed E-state index contributed by atoms with van der Waals surface area (Å²) in [5.74, 6) is 0.607. The molecule has 1 N–H and O–H groups in total. The molecule has 0 fully saturated rings. The Morgan fingerprint density at radius 2 is 1.60 bits per heavy atom. The summed E-state index contributed by atoms with van der Waals surface area (Å²) in [6.45, 7) is 8.16. The molecule has 0 aliphatic heterocycles. The number of benzene rings is 3. The molecule has 3 aromatic rings. The standard InChI is InChI=1S/C32H41N3O6S/c1-6-30(32(37)33-21-24(3)4)34(22-25-12-11-13-28(20-25)40-5)31(36)23-35(26-16-18-27(19-17-26)41-7-2)42(38,39)29-14-9-8-10-15-29/h8-20,24,30H,6-7,21-23H2,1-5H3,(H,33,37)/t30-/m1/s1. The van der Waals surface area contributed by atoms with Gasteiger partial charge in [-0.15, -0.1) is 0 Å². The summed E-state index contributed by atoms with van der Waals surface area (Å²) in [5.41, 5.74) is 1.05. The molecule has 0 bridgehead atoms. The molecule has 42 heavy (non-hydrogen) atoms. The third-order valence-electron chi connectivity index (χ3n) is 6.60. The van der Waals surface area contributed by atoms with Crippen LogP contribution in [-0.2, 0) is 26.2 Å². The van der Waals surface area contributed by atoms with Crippen LogP contribution in [0.3, 0.4) is 0 Å². The number of hydrogen-bond acceptors (Lipinski definition) is 6. The Bertz CT molecular complexity index is 1410. The number of anilines is 1. The van der Waals surface area contributed by atoms with Crippen LogP contribution in [0.25, 0.3) is 0 Å². The Balaban J connectivity index is 2.04. The fourth-order valence-corrected chi connectivity index (χ4v) is 5.87. The lowest BCUT2D eigenvalue weighted by Gasteiger charge is -2.33. The monoisotopic (exact) mass is 595 g/mol. The van der Waals surface area contributed by atoms with Gasteiger partial charge in [0.1, 0.15) is 24.1 Å². The number of nitrogens with one attached hydrogen (secondary N) is 1. The Hall–Kier alpha value is -4.05. The van der Waals surface area contributed by atoms with Crippen LogP contribution in [0, 0.1) is 5.92 Å². The van der Waals surface area contributed by atoms with Gasteiger partial charge in [0.2, 0.25) is 11.8 Å². The molecule has 0 heterocycles. The highest BCUT2D eigenvalue weighted by Gasteiger charge is 2.33. The summed E-state index contributed by atoms with van der Waals surface area (Å²) in [6.07, 6.45) is 0.341. The zero-order valence-electron chi connectivity index (χ0n) is 24.9. The zero-order chi connectivity index (χ0) is 30.7. The number of rotatable bonds is 15. The van der Waals surface area contributed by atoms with Crippen LogP contribution < -0.4 is 19.1 Å². The predicted octanol–water partition coefficient (Wildman–Crippen LogP) is 4.87. The topological polar surface area (TPSA) is 105 Å². The van der Waals surface area contributed by atoms with E-state index in [-0.39, 0.29) is 23.3 Å². The molecule has 0 radical (unpaired) electrons. The summed E-state index contributed by atoms with van der Waals surface area (Å²) < 4.78 is 39.8. The summed E-state index contributed by atoms with van der Waals surface area (Å²) in [7, 11) is -2.59. The quantitative estimate of drug-likeness (QED) is 0.269. The predicted molar refractivity (Wildman–Crippen MR) is 164 cm³/mol. The van der Waals surface area contributed by atoms with E-state index in [4.69, 9.17) is 9.47 Å². The van der Waals surface area contributed by atoms with Gasteiger partial charge < -0.3 is 19.7 Å². The van der Waals surface area contributed by atoms with Gasteiger partial charge in [0.05, 0.1) is 24.3 Å². The van der Waals surface area contributed by atoms with Crippen molar-refractivity contribution in [3.05, 3.63) is 84.4 Å². The van der Waals surface area contributed by atoms with Gasteiger partial charge in [-0.25, -0.2) is 8.42 Å². The van der Waals surface area contributed by atoms with E-state index in [1.165, 1.54) is 17.0 Å². The number of carbonyl (C=O) groups excluding carboxylic acids is 2. The number of sulfonamides is 1. The maximum Gasteiger partial charge on any atom is 0.264 e. The zero-order valence-corrected chi connectivity index (χ0v) is 25.8. The molecule has 9 nitrogen and oxygen atoms in total. The van der Waals surface area contributed by atoms with Gasteiger partial charge in [-0.1, -0.05) is 51.1 Å². The maximum atomic E-state index is 14.2. The fourth-order valence-electron chi connectivity index (χ4n) is 4.43. The average molecular weight is 596 g/mol. The van der Waals surface area contributed by atoms with E-state index in [1.54, 1.807) is 61.7 Å². The molecule has 0 aromatic heterocycles. The van der Waals surface area contributed by atoms with E-state index in [0.717, 1.165) is 9.87 Å². The summed E-state index contributed by atoms with van der Waals surface area (Å²) >= 11 is 0. The van der Waals surface area contributed by atoms with E-state index < -0.39 is 28.5 Å². The largest absolute Gasteiger partial charge is 0.497 e. The van der Waals surface area contributed by atoms with E-state index >= 15 is 0 Å². The number of methoxy groups -OCH3 is 1. The molecule has 10 heteroatoms. The van der Waals surface area contributed by atoms with Crippen molar-refractivity contribution < 1.29 is 27.5 Å². The molecular weight excluding hydrogens is 554 g/mol. The highest BCUT2D eigenvalue weighted by molar-refractivity contribution is 7.92. The van der Waals surface area contributed by atoms with Gasteiger partial charge in [-0.05, 0) is 73.4 Å². The van der Waals surface area contributed by atoms with Crippen molar-refractivity contribution in [2.24, 2.45) is 5.92 Å². The first-order valence-corrected chi connectivity index (χ1v) is 15.5. The van der Waals surface area contributed by atoms with E-state index in [1.807, 2.05) is 39.8 Å². The van der Waals surface area contributed by atoms with Crippen LogP contribution in [0.2, 0.25) is 0 Å². The van der Waals surface area contributed by atoms with Gasteiger partial charge in [-0.3, -0.25) is 13.9 Å². The van der Waals surface area contributed by atoms with Crippen LogP contribution in [0.15, 0.2) is 83.8 Å². The molecule has 226 valence electrons. The molecule has 3 aromatic carbocycles. The minimum atomic E-state index is -4.14. The fraction of sp³-hybridized carbons (Fsp3) is 0.375. The normalized spacial score (nSPS) is 12.0. The number of hydrogen-bond donors (Lipinski definition) is 1. The Morgan fingerprint density at radius 1 is 0.905 bits per heavy atom. The highest BCUT2D eigenvalue weighted by Crippen LogP contribution is 2.27. The minimum absolute atomic E-state index is 0.0488. The molecular formula is C32H41N3O6S. The average Bonchev–Trinajstić information content (AvgIpc) is 2.99. The smallest absolute Gasteiger partial charge is 0.264 e. The van der Waals surface area contributed by atoms with Gasteiger partial charge >= 0.3 is 0 Å².